The Labute approximate surface area is 156 Å². The molecular formula is C20H15Cl2NO2. The first-order chi connectivity index (χ1) is 12.1. The molecule has 0 saturated carbocycles. The molecule has 2 aromatic rings. The first-order valence-corrected chi connectivity index (χ1v) is 8.67. The van der Waals surface area contributed by atoms with Crippen molar-refractivity contribution < 1.29 is 9.53 Å². The lowest BCUT2D eigenvalue weighted by atomic mass is 9.93. The number of carbonyl (C=O) groups is 1. The van der Waals surface area contributed by atoms with Crippen molar-refractivity contribution in [1.82, 2.24) is 0 Å². The summed E-state index contributed by atoms with van der Waals surface area (Å²) < 4.78 is 5.04. The number of nitriles is 1. The number of halogens is 2. The van der Waals surface area contributed by atoms with Gasteiger partial charge in [0.25, 0.3) is 0 Å². The fourth-order valence-electron chi connectivity index (χ4n) is 3.20. The van der Waals surface area contributed by atoms with Crippen LogP contribution in [0.3, 0.4) is 0 Å². The molecule has 126 valence electrons. The fraction of sp³-hybridized carbons (Fsp3) is 0.200. The van der Waals surface area contributed by atoms with Gasteiger partial charge in [-0.25, -0.2) is 4.79 Å². The normalized spacial score (nSPS) is 17.6. The molecule has 1 aliphatic rings. The zero-order valence-electron chi connectivity index (χ0n) is 13.6. The molecule has 5 heteroatoms. The van der Waals surface area contributed by atoms with E-state index in [4.69, 9.17) is 27.9 Å². The van der Waals surface area contributed by atoms with Crippen LogP contribution in [-0.2, 0) is 9.53 Å². The third-order valence-electron chi connectivity index (χ3n) is 4.31. The highest BCUT2D eigenvalue weighted by Gasteiger charge is 2.32. The van der Waals surface area contributed by atoms with E-state index in [1.54, 1.807) is 13.0 Å². The summed E-state index contributed by atoms with van der Waals surface area (Å²) in [4.78, 5) is 12.2. The maximum atomic E-state index is 12.2. The highest BCUT2D eigenvalue weighted by atomic mass is 35.5. The highest BCUT2D eigenvalue weighted by molar-refractivity contribution is 6.42. The Morgan fingerprint density at radius 1 is 1.24 bits per heavy atom. The van der Waals surface area contributed by atoms with E-state index in [1.165, 1.54) is 0 Å². The first kappa shape index (κ1) is 17.5. The Hall–Kier alpha value is -2.28. The molecule has 0 saturated heterocycles. The Morgan fingerprint density at radius 2 is 2.00 bits per heavy atom. The number of fused-ring (bicyclic) bond motifs is 1. The van der Waals surface area contributed by atoms with Crippen molar-refractivity contribution >= 4 is 34.7 Å². The van der Waals surface area contributed by atoms with Crippen LogP contribution in [0.1, 0.15) is 36.0 Å². The monoisotopic (exact) mass is 371 g/mol. The van der Waals surface area contributed by atoms with E-state index >= 15 is 0 Å². The molecule has 0 amide bonds. The molecule has 2 aromatic carbocycles. The van der Waals surface area contributed by atoms with Gasteiger partial charge in [-0.2, -0.15) is 5.26 Å². The minimum absolute atomic E-state index is 0.0127. The minimum Gasteiger partial charge on any atom is -0.462 e. The number of nitrogens with zero attached hydrogens (tertiary/aromatic N) is 1. The Balaban J connectivity index is 2.13. The second-order valence-electron chi connectivity index (χ2n) is 5.70. The van der Waals surface area contributed by atoms with E-state index in [9.17, 15) is 10.1 Å². The molecule has 0 fully saturated rings. The van der Waals surface area contributed by atoms with Crippen LogP contribution in [0.15, 0.2) is 48.0 Å². The first-order valence-electron chi connectivity index (χ1n) is 7.91. The van der Waals surface area contributed by atoms with Gasteiger partial charge in [0.05, 0.1) is 16.7 Å². The van der Waals surface area contributed by atoms with Crippen LogP contribution in [0.2, 0.25) is 10.0 Å². The number of carbonyl (C=O) groups excluding carboxylic acids is 1. The largest absolute Gasteiger partial charge is 0.462 e. The zero-order chi connectivity index (χ0) is 18.0. The van der Waals surface area contributed by atoms with Gasteiger partial charge in [-0.3, -0.25) is 0 Å². The van der Waals surface area contributed by atoms with Gasteiger partial charge in [0, 0.05) is 5.92 Å². The third-order valence-corrected chi connectivity index (χ3v) is 5.05. The molecule has 0 N–H and O–H groups in total. The molecule has 0 aromatic heterocycles. The van der Waals surface area contributed by atoms with E-state index in [1.807, 2.05) is 42.5 Å². The smallest absolute Gasteiger partial charge is 0.349 e. The van der Waals surface area contributed by atoms with Crippen LogP contribution >= 0.6 is 23.2 Å². The second kappa shape index (κ2) is 7.31. The number of benzene rings is 2. The van der Waals surface area contributed by atoms with Crippen molar-refractivity contribution in [2.45, 2.75) is 19.3 Å². The third kappa shape index (κ3) is 3.28. The van der Waals surface area contributed by atoms with Crippen molar-refractivity contribution in [3.63, 3.8) is 0 Å². The van der Waals surface area contributed by atoms with Crippen LogP contribution in [0.25, 0.3) is 5.57 Å². The van der Waals surface area contributed by atoms with Crippen LogP contribution in [0.5, 0.6) is 0 Å². The molecule has 1 unspecified atom stereocenters. The van der Waals surface area contributed by atoms with Gasteiger partial charge in [-0.1, -0.05) is 53.5 Å². The van der Waals surface area contributed by atoms with Gasteiger partial charge >= 0.3 is 5.97 Å². The highest BCUT2D eigenvalue weighted by Crippen LogP contribution is 2.46. The maximum absolute atomic E-state index is 12.2. The molecule has 1 atom stereocenters. The van der Waals surface area contributed by atoms with Crippen molar-refractivity contribution in [3.05, 3.63) is 74.8 Å². The molecule has 1 aliphatic carbocycles. The quantitative estimate of drug-likeness (QED) is 0.414. The summed E-state index contributed by atoms with van der Waals surface area (Å²) in [6.07, 6.45) is 0.541. The molecule has 3 nitrogen and oxygen atoms in total. The van der Waals surface area contributed by atoms with Crippen molar-refractivity contribution in [2.75, 3.05) is 6.61 Å². The Kier molecular flexibility index (Phi) is 5.13. The van der Waals surface area contributed by atoms with Crippen molar-refractivity contribution in [1.29, 1.82) is 5.26 Å². The summed E-state index contributed by atoms with van der Waals surface area (Å²) in [7, 11) is 0. The Bertz CT molecular complexity index is 912. The van der Waals surface area contributed by atoms with E-state index in [0.29, 0.717) is 22.0 Å². The predicted molar refractivity (Wildman–Crippen MR) is 98.5 cm³/mol. The summed E-state index contributed by atoms with van der Waals surface area (Å²) in [5, 5.41) is 10.5. The van der Waals surface area contributed by atoms with Crippen LogP contribution in [0.4, 0.5) is 0 Å². The van der Waals surface area contributed by atoms with Crippen LogP contribution in [0, 0.1) is 11.3 Å². The van der Waals surface area contributed by atoms with Gasteiger partial charge in [0.1, 0.15) is 11.6 Å². The predicted octanol–water partition coefficient (Wildman–Crippen LogP) is 5.37. The molecule has 0 heterocycles. The number of ether oxygens (including phenoxy) is 1. The van der Waals surface area contributed by atoms with Crippen molar-refractivity contribution in [2.24, 2.45) is 0 Å². The fourth-order valence-corrected chi connectivity index (χ4v) is 3.51. The van der Waals surface area contributed by atoms with Crippen molar-refractivity contribution in [3.8, 4) is 6.07 Å². The topological polar surface area (TPSA) is 50.1 Å². The Morgan fingerprint density at radius 3 is 2.68 bits per heavy atom. The lowest BCUT2D eigenvalue weighted by molar-refractivity contribution is -0.137. The second-order valence-corrected chi connectivity index (χ2v) is 6.52. The molecule has 0 aliphatic heterocycles. The standard InChI is InChI=1S/C20H15Cl2NO2/c1-2-25-20(24)17(11-23)16-10-15(13-5-3-4-6-14(13)16)12-7-8-18(21)19(22)9-12/h3-9,15H,2,10H2,1H3/b17-16-. The number of esters is 1. The molecular weight excluding hydrogens is 357 g/mol. The van der Waals surface area contributed by atoms with Gasteiger partial charge in [0.15, 0.2) is 0 Å². The van der Waals surface area contributed by atoms with Gasteiger partial charge in [-0.05, 0) is 47.7 Å². The lowest BCUT2D eigenvalue weighted by Crippen LogP contribution is -2.08. The average molecular weight is 372 g/mol. The summed E-state index contributed by atoms with van der Waals surface area (Å²) >= 11 is 12.2. The van der Waals surface area contributed by atoms with E-state index < -0.39 is 5.97 Å². The number of allylic oxidation sites excluding steroid dienone is 1. The summed E-state index contributed by atoms with van der Waals surface area (Å²) in [6.45, 7) is 1.95. The molecule has 0 radical (unpaired) electrons. The van der Waals surface area contributed by atoms with Gasteiger partial charge in [-0.15, -0.1) is 0 Å². The van der Waals surface area contributed by atoms with Crippen LogP contribution < -0.4 is 0 Å². The SMILES string of the molecule is CCOC(=O)/C(C#N)=C1/CC(c2ccc(Cl)c(Cl)c2)c2ccccc21. The van der Waals surface area contributed by atoms with Crippen LogP contribution in [-0.4, -0.2) is 12.6 Å². The van der Waals surface area contributed by atoms with Gasteiger partial charge < -0.3 is 4.74 Å². The van der Waals surface area contributed by atoms with E-state index in [0.717, 1.165) is 16.7 Å². The number of rotatable bonds is 3. The average Bonchev–Trinajstić information content (AvgIpc) is 2.98. The lowest BCUT2D eigenvalue weighted by Gasteiger charge is -2.12. The van der Waals surface area contributed by atoms with Gasteiger partial charge in [0.2, 0.25) is 0 Å². The molecule has 3 rings (SSSR count). The van der Waals surface area contributed by atoms with E-state index in [-0.39, 0.29) is 18.1 Å². The summed E-state index contributed by atoms with van der Waals surface area (Å²) in [5.74, 6) is -0.566. The minimum atomic E-state index is -0.579. The summed E-state index contributed by atoms with van der Waals surface area (Å²) in [5.41, 5.74) is 3.75. The maximum Gasteiger partial charge on any atom is 0.349 e. The molecule has 0 spiro atoms. The number of hydrogen-bond acceptors (Lipinski definition) is 3. The van der Waals surface area contributed by atoms with E-state index in [2.05, 4.69) is 0 Å². The summed E-state index contributed by atoms with van der Waals surface area (Å²) in [6, 6.07) is 15.3. The molecule has 0 bridgehead atoms. The molecule has 25 heavy (non-hydrogen) atoms. The zero-order valence-corrected chi connectivity index (χ0v) is 15.1. The number of hydrogen-bond donors (Lipinski definition) is 0.